The van der Waals surface area contributed by atoms with Gasteiger partial charge < -0.3 is 15.0 Å². The minimum atomic E-state index is -0.0958. The highest BCUT2D eigenvalue weighted by molar-refractivity contribution is 6.31. The normalized spacial score (nSPS) is 16.9. The van der Waals surface area contributed by atoms with Crippen LogP contribution in [-0.4, -0.2) is 24.1 Å². The number of nitrogens with zero attached hydrogens (tertiary/aromatic N) is 1. The lowest BCUT2D eigenvalue weighted by atomic mass is 10.0. The van der Waals surface area contributed by atoms with Crippen LogP contribution in [0.4, 0.5) is 10.5 Å². The largest absolute Gasteiger partial charge is 0.494 e. The molecule has 1 heterocycles. The van der Waals surface area contributed by atoms with Crippen LogP contribution in [0.25, 0.3) is 0 Å². The van der Waals surface area contributed by atoms with Gasteiger partial charge in [0.2, 0.25) is 0 Å². The lowest BCUT2D eigenvalue weighted by molar-refractivity contribution is 0.207. The van der Waals surface area contributed by atoms with E-state index in [-0.39, 0.29) is 12.1 Å². The predicted octanol–water partition coefficient (Wildman–Crippen LogP) is 5.11. The number of anilines is 1. The SMILES string of the molecule is CCOc1ccc(NC(=O)N2CCC[C@@H]2c2ccccc2Cl)cc1. The van der Waals surface area contributed by atoms with Gasteiger partial charge in [0.1, 0.15) is 5.75 Å². The molecule has 1 aliphatic rings. The van der Waals surface area contributed by atoms with Crippen LogP contribution in [0.2, 0.25) is 5.02 Å². The predicted molar refractivity (Wildman–Crippen MR) is 96.8 cm³/mol. The van der Waals surface area contributed by atoms with Crippen LogP contribution in [-0.2, 0) is 0 Å². The van der Waals surface area contributed by atoms with Crippen LogP contribution in [0, 0.1) is 0 Å². The second-order valence-electron chi connectivity index (χ2n) is 5.76. The zero-order chi connectivity index (χ0) is 16.9. The van der Waals surface area contributed by atoms with Crippen molar-refractivity contribution in [3.05, 3.63) is 59.1 Å². The van der Waals surface area contributed by atoms with E-state index in [0.717, 1.165) is 36.4 Å². The molecule has 0 bridgehead atoms. The van der Waals surface area contributed by atoms with Crippen molar-refractivity contribution in [1.29, 1.82) is 0 Å². The molecule has 24 heavy (non-hydrogen) atoms. The molecule has 1 fully saturated rings. The van der Waals surface area contributed by atoms with Crippen LogP contribution >= 0.6 is 11.6 Å². The first-order valence-electron chi connectivity index (χ1n) is 8.24. The molecule has 4 nitrogen and oxygen atoms in total. The lowest BCUT2D eigenvalue weighted by Gasteiger charge is -2.26. The Morgan fingerprint density at radius 2 is 2.00 bits per heavy atom. The molecule has 1 saturated heterocycles. The van der Waals surface area contributed by atoms with Gasteiger partial charge in [0.05, 0.1) is 12.6 Å². The van der Waals surface area contributed by atoms with E-state index in [1.807, 2.05) is 60.4 Å². The Morgan fingerprint density at radius 1 is 1.25 bits per heavy atom. The van der Waals surface area contributed by atoms with E-state index in [4.69, 9.17) is 16.3 Å². The number of benzene rings is 2. The highest BCUT2D eigenvalue weighted by Crippen LogP contribution is 2.36. The Balaban J connectivity index is 1.71. The molecule has 0 aliphatic carbocycles. The Bertz CT molecular complexity index is 703. The third-order valence-electron chi connectivity index (χ3n) is 4.19. The molecule has 0 spiro atoms. The molecule has 5 heteroatoms. The minimum absolute atomic E-state index is 0.0291. The number of rotatable bonds is 4. The van der Waals surface area contributed by atoms with E-state index >= 15 is 0 Å². The third kappa shape index (κ3) is 3.65. The molecule has 0 saturated carbocycles. The molecular formula is C19H21ClN2O2. The standard InChI is InChI=1S/C19H21ClN2O2/c1-2-24-15-11-9-14(10-12-15)21-19(23)22-13-5-8-18(22)16-6-3-4-7-17(16)20/h3-4,6-7,9-12,18H,2,5,8,13H2,1H3,(H,21,23)/t18-/m1/s1. The number of carbonyl (C=O) groups is 1. The van der Waals surface area contributed by atoms with Crippen molar-refractivity contribution in [3.8, 4) is 5.75 Å². The van der Waals surface area contributed by atoms with E-state index < -0.39 is 0 Å². The van der Waals surface area contributed by atoms with Crippen LogP contribution in [0.1, 0.15) is 31.4 Å². The minimum Gasteiger partial charge on any atom is -0.494 e. The molecule has 1 atom stereocenters. The van der Waals surface area contributed by atoms with Crippen molar-refractivity contribution in [3.63, 3.8) is 0 Å². The van der Waals surface area contributed by atoms with Crippen molar-refractivity contribution in [1.82, 2.24) is 4.90 Å². The molecule has 0 radical (unpaired) electrons. The third-order valence-corrected chi connectivity index (χ3v) is 4.54. The Labute approximate surface area is 147 Å². The first-order chi connectivity index (χ1) is 11.7. The summed E-state index contributed by atoms with van der Waals surface area (Å²) in [6, 6.07) is 15.1. The first-order valence-corrected chi connectivity index (χ1v) is 8.61. The Kier molecular flexibility index (Phi) is 5.26. The molecule has 0 unspecified atom stereocenters. The number of urea groups is 1. The zero-order valence-corrected chi connectivity index (χ0v) is 14.4. The van der Waals surface area contributed by atoms with Crippen LogP contribution < -0.4 is 10.1 Å². The van der Waals surface area contributed by atoms with Crippen molar-refractivity contribution < 1.29 is 9.53 Å². The summed E-state index contributed by atoms with van der Waals surface area (Å²) in [6.07, 6.45) is 1.91. The first kappa shape index (κ1) is 16.7. The molecule has 0 aromatic heterocycles. The smallest absolute Gasteiger partial charge is 0.322 e. The fourth-order valence-electron chi connectivity index (χ4n) is 3.07. The quantitative estimate of drug-likeness (QED) is 0.837. The average Bonchev–Trinajstić information content (AvgIpc) is 3.07. The van der Waals surface area contributed by atoms with Gasteiger partial charge in [0.15, 0.2) is 0 Å². The number of carbonyl (C=O) groups excluding carboxylic acids is 1. The summed E-state index contributed by atoms with van der Waals surface area (Å²) < 4.78 is 5.42. The monoisotopic (exact) mass is 344 g/mol. The van der Waals surface area contributed by atoms with Crippen LogP contribution in [0.5, 0.6) is 5.75 Å². The van der Waals surface area contributed by atoms with Gasteiger partial charge in [-0.25, -0.2) is 4.79 Å². The number of likely N-dealkylation sites (tertiary alicyclic amines) is 1. The summed E-state index contributed by atoms with van der Waals surface area (Å²) in [5.74, 6) is 0.797. The summed E-state index contributed by atoms with van der Waals surface area (Å²) in [7, 11) is 0. The molecule has 1 aliphatic heterocycles. The fourth-order valence-corrected chi connectivity index (χ4v) is 3.34. The lowest BCUT2D eigenvalue weighted by Crippen LogP contribution is -2.34. The van der Waals surface area contributed by atoms with Gasteiger partial charge in [-0.05, 0) is 55.7 Å². The summed E-state index contributed by atoms with van der Waals surface area (Å²) in [4.78, 5) is 14.5. The maximum absolute atomic E-state index is 12.7. The van der Waals surface area contributed by atoms with Gasteiger partial charge in [0, 0.05) is 17.3 Å². The van der Waals surface area contributed by atoms with E-state index in [0.29, 0.717) is 11.6 Å². The van der Waals surface area contributed by atoms with Gasteiger partial charge in [-0.15, -0.1) is 0 Å². The van der Waals surface area contributed by atoms with Crippen molar-refractivity contribution in [2.45, 2.75) is 25.8 Å². The van der Waals surface area contributed by atoms with E-state index in [1.165, 1.54) is 0 Å². The van der Waals surface area contributed by atoms with E-state index in [2.05, 4.69) is 5.32 Å². The highest BCUT2D eigenvalue weighted by Gasteiger charge is 2.31. The summed E-state index contributed by atoms with van der Waals surface area (Å²) in [5.41, 5.74) is 1.77. The van der Waals surface area contributed by atoms with Crippen LogP contribution in [0.15, 0.2) is 48.5 Å². The number of hydrogen-bond acceptors (Lipinski definition) is 2. The summed E-state index contributed by atoms with van der Waals surface area (Å²) in [6.45, 7) is 3.30. The highest BCUT2D eigenvalue weighted by atomic mass is 35.5. The Hall–Kier alpha value is -2.20. The summed E-state index contributed by atoms with van der Waals surface area (Å²) >= 11 is 6.31. The molecule has 2 aromatic carbocycles. The van der Waals surface area contributed by atoms with Gasteiger partial charge in [0.25, 0.3) is 0 Å². The summed E-state index contributed by atoms with van der Waals surface area (Å²) in [5, 5.41) is 3.67. The van der Waals surface area contributed by atoms with Gasteiger partial charge in [-0.2, -0.15) is 0 Å². The molecule has 126 valence electrons. The fraction of sp³-hybridized carbons (Fsp3) is 0.316. The molecule has 2 aromatic rings. The zero-order valence-electron chi connectivity index (χ0n) is 13.7. The maximum atomic E-state index is 12.7. The Morgan fingerprint density at radius 3 is 2.71 bits per heavy atom. The van der Waals surface area contributed by atoms with Crippen LogP contribution in [0.3, 0.4) is 0 Å². The van der Waals surface area contributed by atoms with Crippen molar-refractivity contribution in [2.24, 2.45) is 0 Å². The molecule has 3 rings (SSSR count). The average molecular weight is 345 g/mol. The second kappa shape index (κ2) is 7.58. The van der Waals surface area contributed by atoms with Gasteiger partial charge >= 0.3 is 6.03 Å². The van der Waals surface area contributed by atoms with Crippen molar-refractivity contribution in [2.75, 3.05) is 18.5 Å². The topological polar surface area (TPSA) is 41.6 Å². The number of ether oxygens (including phenoxy) is 1. The van der Waals surface area contributed by atoms with Crippen molar-refractivity contribution >= 4 is 23.3 Å². The molecule has 1 N–H and O–H groups in total. The van der Waals surface area contributed by atoms with E-state index in [1.54, 1.807) is 0 Å². The number of hydrogen-bond donors (Lipinski definition) is 1. The number of amides is 2. The number of nitrogens with one attached hydrogen (secondary N) is 1. The van der Waals surface area contributed by atoms with Gasteiger partial charge in [-0.1, -0.05) is 29.8 Å². The van der Waals surface area contributed by atoms with Gasteiger partial charge in [-0.3, -0.25) is 0 Å². The maximum Gasteiger partial charge on any atom is 0.322 e. The second-order valence-corrected chi connectivity index (χ2v) is 6.17. The van der Waals surface area contributed by atoms with E-state index in [9.17, 15) is 4.79 Å². The molecular weight excluding hydrogens is 324 g/mol. The molecule has 2 amide bonds. The number of halogens is 1.